The van der Waals surface area contributed by atoms with Crippen molar-refractivity contribution in [3.8, 4) is 56.8 Å². The van der Waals surface area contributed by atoms with Gasteiger partial charge in [0.05, 0.1) is 15.9 Å². The lowest BCUT2D eigenvalue weighted by molar-refractivity contribution is 0.601. The predicted molar refractivity (Wildman–Crippen MR) is 242 cm³/mol. The number of allylic oxidation sites excluding steroid dienone is 2. The summed E-state index contributed by atoms with van der Waals surface area (Å²) < 4.78 is 10.9. The molecule has 0 saturated heterocycles. The van der Waals surface area contributed by atoms with Gasteiger partial charge in [-0.15, -0.1) is 22.7 Å². The molecule has 0 saturated carbocycles. The summed E-state index contributed by atoms with van der Waals surface area (Å²) in [7, 11) is 0. The highest BCUT2D eigenvalue weighted by molar-refractivity contribution is 7.26. The molecule has 0 amide bonds. The topological polar surface area (TPSA) is 77.6 Å². The van der Waals surface area contributed by atoms with Crippen LogP contribution in [0.1, 0.15) is 11.3 Å². The van der Waals surface area contributed by atoms with Gasteiger partial charge < -0.3 is 4.42 Å². The largest absolute Gasteiger partial charge is 0.456 e. The van der Waals surface area contributed by atoms with Gasteiger partial charge in [-0.3, -0.25) is 0 Å². The van der Waals surface area contributed by atoms with Crippen LogP contribution in [0.2, 0.25) is 0 Å². The molecule has 6 aromatic carbocycles. The Hall–Kier alpha value is -7.13. The number of aryl methyl sites for hydroxylation is 1. The van der Waals surface area contributed by atoms with Crippen LogP contribution in [-0.2, 0) is 0 Å². The number of hydrogen-bond acceptors (Lipinski definition) is 8. The van der Waals surface area contributed by atoms with Crippen molar-refractivity contribution < 1.29 is 4.42 Å². The van der Waals surface area contributed by atoms with Crippen LogP contribution in [-0.4, -0.2) is 24.9 Å². The molecule has 6 nitrogen and oxygen atoms in total. The van der Waals surface area contributed by atoms with Crippen LogP contribution in [0, 0.1) is 6.92 Å². The lowest BCUT2D eigenvalue weighted by Gasteiger charge is -2.11. The molecule has 5 heterocycles. The van der Waals surface area contributed by atoms with Crippen LogP contribution < -0.4 is 0 Å². The molecule has 0 unspecified atom stereocenters. The molecule has 0 aliphatic carbocycles. The monoisotopic (exact) mass is 781 g/mol. The standard InChI is InChI=1S/C50H31N5OS2/c1-3-4-22-37-29(2)42-34(20-13-23-38(42)56-37)49-53-47(31-17-9-6-10-18-31)54-50(55-49)35-21-14-25-41-43(35)36-28-32(26-27-40(36)57-41)48-51-44(30-15-7-5-8-16-30)46-45(52-48)33-19-11-12-24-39(33)58-46/h3-28H,1H2,2H3/b22-4-. The van der Waals surface area contributed by atoms with Crippen LogP contribution in [0.3, 0.4) is 0 Å². The van der Waals surface area contributed by atoms with Gasteiger partial charge in [0.1, 0.15) is 11.3 Å². The van der Waals surface area contributed by atoms with Crippen LogP contribution in [0.5, 0.6) is 0 Å². The summed E-state index contributed by atoms with van der Waals surface area (Å²) in [6.07, 6.45) is 5.56. The highest BCUT2D eigenvalue weighted by Gasteiger charge is 2.22. The van der Waals surface area contributed by atoms with Gasteiger partial charge in [0.25, 0.3) is 0 Å². The fourth-order valence-electron chi connectivity index (χ4n) is 7.82. The Morgan fingerprint density at radius 2 is 1.19 bits per heavy atom. The van der Waals surface area contributed by atoms with Gasteiger partial charge >= 0.3 is 0 Å². The number of benzene rings is 6. The molecule has 0 aliphatic rings. The van der Waals surface area contributed by atoms with E-state index >= 15 is 0 Å². The average Bonchev–Trinajstić information content (AvgIpc) is 3.96. The minimum absolute atomic E-state index is 0.577. The Morgan fingerprint density at radius 3 is 1.98 bits per heavy atom. The first-order chi connectivity index (χ1) is 28.6. The number of fused-ring (bicyclic) bond motifs is 7. The number of thiophene rings is 2. The third kappa shape index (κ3) is 5.64. The van der Waals surface area contributed by atoms with E-state index < -0.39 is 0 Å². The Balaban J connectivity index is 1.13. The third-order valence-corrected chi connectivity index (χ3v) is 12.8. The van der Waals surface area contributed by atoms with E-state index in [1.54, 1.807) is 28.7 Å². The second-order valence-corrected chi connectivity index (χ2v) is 16.2. The molecular weight excluding hydrogens is 751 g/mol. The Labute approximate surface area is 341 Å². The first-order valence-electron chi connectivity index (χ1n) is 18.9. The SMILES string of the molecule is C=C/C=C\c1oc2cccc(-c3nc(-c4ccccc4)nc(-c4cccc5sc6ccc(-c7nc(-c8ccccc8)c8sc9ccccc9c8n7)cc6c45)n3)c2c1C. The Kier molecular flexibility index (Phi) is 8.13. The van der Waals surface area contributed by atoms with Crippen LogP contribution >= 0.6 is 22.7 Å². The zero-order valence-electron chi connectivity index (χ0n) is 31.2. The molecule has 0 spiro atoms. The van der Waals surface area contributed by atoms with Gasteiger partial charge in [-0.05, 0) is 49.4 Å². The lowest BCUT2D eigenvalue weighted by atomic mass is 10.0. The molecule has 58 heavy (non-hydrogen) atoms. The van der Waals surface area contributed by atoms with Crippen LogP contribution in [0.15, 0.2) is 163 Å². The number of nitrogens with zero attached hydrogens (tertiary/aromatic N) is 5. The van der Waals surface area contributed by atoms with Crippen molar-refractivity contribution in [1.29, 1.82) is 0 Å². The summed E-state index contributed by atoms with van der Waals surface area (Å²) in [4.78, 5) is 26.1. The fourth-order valence-corrected chi connectivity index (χ4v) is 10.1. The zero-order valence-corrected chi connectivity index (χ0v) is 32.8. The highest BCUT2D eigenvalue weighted by Crippen LogP contribution is 2.43. The van der Waals surface area contributed by atoms with Gasteiger partial charge in [-0.25, -0.2) is 24.9 Å². The Morgan fingerprint density at radius 1 is 0.534 bits per heavy atom. The number of hydrogen-bond donors (Lipinski definition) is 0. The molecule has 0 fully saturated rings. The first kappa shape index (κ1) is 34.1. The van der Waals surface area contributed by atoms with E-state index in [-0.39, 0.29) is 0 Å². The molecule has 0 N–H and O–H groups in total. The smallest absolute Gasteiger partial charge is 0.164 e. The number of rotatable bonds is 7. The fraction of sp³-hybridized carbons (Fsp3) is 0.0200. The van der Waals surface area contributed by atoms with Crippen molar-refractivity contribution in [3.05, 3.63) is 170 Å². The molecule has 0 aliphatic heterocycles. The van der Waals surface area contributed by atoms with Crippen molar-refractivity contribution in [2.75, 3.05) is 0 Å². The second-order valence-electron chi connectivity index (χ2n) is 14.1. The van der Waals surface area contributed by atoms with E-state index in [0.717, 1.165) is 91.6 Å². The summed E-state index contributed by atoms with van der Waals surface area (Å²) >= 11 is 3.50. The highest BCUT2D eigenvalue weighted by atomic mass is 32.1. The molecular formula is C50H31N5OS2. The predicted octanol–water partition coefficient (Wildman–Crippen LogP) is 14.0. The van der Waals surface area contributed by atoms with Gasteiger partial charge in [0, 0.05) is 69.0 Å². The second kappa shape index (κ2) is 13.8. The van der Waals surface area contributed by atoms with Crippen molar-refractivity contribution in [1.82, 2.24) is 24.9 Å². The van der Waals surface area contributed by atoms with E-state index in [1.807, 2.05) is 60.7 Å². The number of aromatic nitrogens is 5. The van der Waals surface area contributed by atoms with Gasteiger partial charge in [0.2, 0.25) is 0 Å². The average molecular weight is 782 g/mol. The van der Waals surface area contributed by atoms with E-state index in [0.29, 0.717) is 23.3 Å². The first-order valence-corrected chi connectivity index (χ1v) is 20.6. The van der Waals surface area contributed by atoms with Gasteiger partial charge in [-0.2, -0.15) is 0 Å². The summed E-state index contributed by atoms with van der Waals surface area (Å²) in [5.41, 5.74) is 8.42. The molecule has 0 bridgehead atoms. The molecule has 0 atom stereocenters. The van der Waals surface area contributed by atoms with Crippen LogP contribution in [0.4, 0.5) is 0 Å². The maximum absolute atomic E-state index is 6.29. The van der Waals surface area contributed by atoms with E-state index in [1.165, 1.54) is 4.70 Å². The quantitative estimate of drug-likeness (QED) is 0.150. The summed E-state index contributed by atoms with van der Waals surface area (Å²) in [5, 5.41) is 4.29. The van der Waals surface area contributed by atoms with E-state index in [9.17, 15) is 0 Å². The minimum Gasteiger partial charge on any atom is -0.456 e. The minimum atomic E-state index is 0.577. The third-order valence-electron chi connectivity index (χ3n) is 10.5. The van der Waals surface area contributed by atoms with Crippen molar-refractivity contribution in [2.45, 2.75) is 6.92 Å². The summed E-state index contributed by atoms with van der Waals surface area (Å²) in [6.45, 7) is 5.90. The van der Waals surface area contributed by atoms with Crippen molar-refractivity contribution in [2.24, 2.45) is 0 Å². The van der Waals surface area contributed by atoms with E-state index in [4.69, 9.17) is 29.3 Å². The van der Waals surface area contributed by atoms with Crippen molar-refractivity contribution in [3.63, 3.8) is 0 Å². The normalized spacial score (nSPS) is 11.9. The van der Waals surface area contributed by atoms with Crippen molar-refractivity contribution >= 4 is 80.2 Å². The van der Waals surface area contributed by atoms with Gasteiger partial charge in [0.15, 0.2) is 23.3 Å². The maximum atomic E-state index is 6.29. The van der Waals surface area contributed by atoms with E-state index in [2.05, 4.69) is 104 Å². The zero-order chi connectivity index (χ0) is 38.7. The number of furan rings is 1. The Bertz CT molecular complexity index is 3440. The van der Waals surface area contributed by atoms with Crippen LogP contribution in [0.25, 0.3) is 114 Å². The molecule has 11 rings (SSSR count). The molecule has 11 aromatic rings. The maximum Gasteiger partial charge on any atom is 0.164 e. The molecule has 274 valence electrons. The van der Waals surface area contributed by atoms with Gasteiger partial charge in [-0.1, -0.05) is 122 Å². The summed E-state index contributed by atoms with van der Waals surface area (Å²) in [6, 6.07) is 47.9. The summed E-state index contributed by atoms with van der Waals surface area (Å²) in [5.74, 6) is 3.23. The molecule has 0 radical (unpaired) electrons. The lowest BCUT2D eigenvalue weighted by Crippen LogP contribution is -2.00. The molecule has 5 aromatic heterocycles. The molecule has 8 heteroatoms.